The van der Waals surface area contributed by atoms with Crippen molar-refractivity contribution in [3.8, 4) is 0 Å². The van der Waals surface area contributed by atoms with E-state index in [1.54, 1.807) is 0 Å². The van der Waals surface area contributed by atoms with Crippen molar-refractivity contribution in [2.45, 2.75) is 4.90 Å². The second kappa shape index (κ2) is 3.46. The molecule has 0 aliphatic heterocycles. The molecule has 12 heavy (non-hydrogen) atoms. The zero-order valence-corrected chi connectivity index (χ0v) is 6.71. The van der Waals surface area contributed by atoms with Gasteiger partial charge in [-0.3, -0.25) is 4.21 Å². The van der Waals surface area contributed by atoms with Crippen LogP contribution in [0.3, 0.4) is 0 Å². The van der Waals surface area contributed by atoms with Crippen molar-refractivity contribution < 1.29 is 18.7 Å². The van der Waals surface area contributed by atoms with Crippen LogP contribution in [0.5, 0.6) is 0 Å². The molecule has 0 aromatic heterocycles. The Morgan fingerprint density at radius 2 is 2.17 bits per heavy atom. The molecule has 0 saturated heterocycles. The van der Waals surface area contributed by atoms with Gasteiger partial charge in [-0.2, -0.15) is 0 Å². The Kier molecular flexibility index (Phi) is 2.57. The number of hydrogen-bond acceptors (Lipinski definition) is 3. The first kappa shape index (κ1) is 8.89. The summed E-state index contributed by atoms with van der Waals surface area (Å²) in [7, 11) is 0. The van der Waals surface area contributed by atoms with Crippen LogP contribution >= 0.6 is 0 Å². The minimum atomic E-state index is -2.37. The maximum atomic E-state index is 10.4. The summed E-state index contributed by atoms with van der Waals surface area (Å²) in [5.41, 5.74) is -0.0308. The maximum absolute atomic E-state index is 10.4. The molecule has 0 spiro atoms. The Bertz CT molecular complexity index is 305. The van der Waals surface area contributed by atoms with E-state index in [2.05, 4.69) is 0 Å². The normalized spacial score (nSPS) is 12.4. The van der Waals surface area contributed by atoms with Crippen LogP contribution in [0.15, 0.2) is 29.2 Å². The van der Waals surface area contributed by atoms with E-state index in [-0.39, 0.29) is 10.5 Å². The fraction of sp³-hybridized carbons (Fsp3) is 0. The first-order chi connectivity index (χ1) is 5.61. The Morgan fingerprint density at radius 1 is 1.50 bits per heavy atom. The second-order valence-corrected chi connectivity index (χ2v) is 3.01. The number of hydrogen-bond donors (Lipinski definition) is 1. The quantitative estimate of drug-likeness (QED) is 0.685. The lowest BCUT2D eigenvalue weighted by atomic mass is 10.2. The monoisotopic (exact) mass is 185 g/mol. The first-order valence-electron chi connectivity index (χ1n) is 3.04. The summed E-state index contributed by atoms with van der Waals surface area (Å²) >= 11 is -2.37. The van der Waals surface area contributed by atoms with Gasteiger partial charge >= 0.3 is 5.97 Å². The molecule has 5 heteroatoms. The average Bonchev–Trinajstić information content (AvgIpc) is 2.04. The van der Waals surface area contributed by atoms with Gasteiger partial charge in [0, 0.05) is 4.90 Å². The van der Waals surface area contributed by atoms with E-state index in [1.807, 2.05) is 0 Å². The summed E-state index contributed by atoms with van der Waals surface area (Å²) in [4.78, 5) is 10.4. The molecule has 64 valence electrons. The SMILES string of the molecule is O=C(O)c1cccc(S(=O)[O-])c1. The third-order valence-corrected chi connectivity index (χ3v) is 1.91. The van der Waals surface area contributed by atoms with Gasteiger partial charge in [-0.05, 0) is 29.3 Å². The highest BCUT2D eigenvalue weighted by Crippen LogP contribution is 2.07. The van der Waals surface area contributed by atoms with Gasteiger partial charge in [-0.15, -0.1) is 0 Å². The molecule has 0 amide bonds. The molecular weight excluding hydrogens is 180 g/mol. The van der Waals surface area contributed by atoms with Gasteiger partial charge in [-0.1, -0.05) is 6.07 Å². The van der Waals surface area contributed by atoms with Gasteiger partial charge in [0.15, 0.2) is 0 Å². The third-order valence-electron chi connectivity index (χ3n) is 1.27. The van der Waals surface area contributed by atoms with E-state index in [9.17, 15) is 13.6 Å². The molecule has 1 aromatic carbocycles. The van der Waals surface area contributed by atoms with E-state index >= 15 is 0 Å². The Balaban J connectivity index is 3.12. The molecule has 0 radical (unpaired) electrons. The van der Waals surface area contributed by atoms with Crippen molar-refractivity contribution in [3.05, 3.63) is 29.8 Å². The molecule has 1 aromatic rings. The molecule has 0 saturated carbocycles. The minimum absolute atomic E-state index is 0.0186. The van der Waals surface area contributed by atoms with Crippen molar-refractivity contribution in [1.29, 1.82) is 0 Å². The molecular formula is C7H5O4S-. The molecule has 0 aliphatic rings. The summed E-state index contributed by atoms with van der Waals surface area (Å²) in [6, 6.07) is 5.15. The fourth-order valence-electron chi connectivity index (χ4n) is 0.733. The molecule has 1 atom stereocenters. The Labute approximate surface area is 71.1 Å². The van der Waals surface area contributed by atoms with E-state index < -0.39 is 17.0 Å². The van der Waals surface area contributed by atoms with Crippen molar-refractivity contribution in [1.82, 2.24) is 0 Å². The summed E-state index contributed by atoms with van der Waals surface area (Å²) in [5, 5.41) is 8.49. The topological polar surface area (TPSA) is 77.4 Å². The van der Waals surface area contributed by atoms with Crippen molar-refractivity contribution in [2.24, 2.45) is 0 Å². The van der Waals surface area contributed by atoms with E-state index in [0.717, 1.165) is 6.07 Å². The molecule has 1 rings (SSSR count). The highest BCUT2D eigenvalue weighted by atomic mass is 32.2. The lowest BCUT2D eigenvalue weighted by molar-refractivity contribution is 0.0696. The molecule has 1 N–H and O–H groups in total. The molecule has 0 aliphatic carbocycles. The number of carboxylic acid groups (broad SMARTS) is 1. The zero-order chi connectivity index (χ0) is 9.14. The predicted molar refractivity (Wildman–Crippen MR) is 40.6 cm³/mol. The fourth-order valence-corrected chi connectivity index (χ4v) is 1.15. The van der Waals surface area contributed by atoms with E-state index in [4.69, 9.17) is 5.11 Å². The highest BCUT2D eigenvalue weighted by Gasteiger charge is 2.02. The van der Waals surface area contributed by atoms with E-state index in [1.165, 1.54) is 18.2 Å². The summed E-state index contributed by atoms with van der Waals surface area (Å²) in [6.07, 6.45) is 0. The molecule has 4 nitrogen and oxygen atoms in total. The van der Waals surface area contributed by atoms with Gasteiger partial charge in [0.25, 0.3) is 0 Å². The van der Waals surface area contributed by atoms with Gasteiger partial charge < -0.3 is 9.66 Å². The highest BCUT2D eigenvalue weighted by molar-refractivity contribution is 7.79. The van der Waals surface area contributed by atoms with Gasteiger partial charge in [0.2, 0.25) is 0 Å². The van der Waals surface area contributed by atoms with Crippen LogP contribution in [0.25, 0.3) is 0 Å². The average molecular weight is 185 g/mol. The van der Waals surface area contributed by atoms with Crippen molar-refractivity contribution in [3.63, 3.8) is 0 Å². The Morgan fingerprint density at radius 3 is 2.67 bits per heavy atom. The lowest BCUT2D eigenvalue weighted by Crippen LogP contribution is -1.97. The zero-order valence-electron chi connectivity index (χ0n) is 5.89. The van der Waals surface area contributed by atoms with E-state index in [0.29, 0.717) is 0 Å². The van der Waals surface area contributed by atoms with Crippen LogP contribution in [0.4, 0.5) is 0 Å². The smallest absolute Gasteiger partial charge is 0.335 e. The van der Waals surface area contributed by atoms with Crippen LogP contribution < -0.4 is 0 Å². The Hall–Kier alpha value is -1.20. The summed E-state index contributed by atoms with van der Waals surface area (Å²) in [5.74, 6) is -1.14. The van der Waals surface area contributed by atoms with Crippen LogP contribution in [-0.4, -0.2) is 19.8 Å². The lowest BCUT2D eigenvalue weighted by Gasteiger charge is -2.04. The largest absolute Gasteiger partial charge is 0.768 e. The van der Waals surface area contributed by atoms with Crippen LogP contribution in [0.1, 0.15) is 10.4 Å². The van der Waals surface area contributed by atoms with Gasteiger partial charge in [0.05, 0.1) is 5.56 Å². The number of carboxylic acids is 1. The number of aromatic carboxylic acids is 1. The third kappa shape index (κ3) is 1.90. The van der Waals surface area contributed by atoms with Crippen molar-refractivity contribution in [2.75, 3.05) is 0 Å². The standard InChI is InChI=1S/C7H6O4S/c8-7(9)5-2-1-3-6(4-5)12(10)11/h1-4H,(H,8,9)(H,10,11)/p-1. The van der Waals surface area contributed by atoms with Gasteiger partial charge in [-0.25, -0.2) is 4.79 Å². The number of benzene rings is 1. The molecule has 0 bridgehead atoms. The molecule has 1 unspecified atom stereocenters. The van der Waals surface area contributed by atoms with Crippen LogP contribution in [0, 0.1) is 0 Å². The van der Waals surface area contributed by atoms with Crippen LogP contribution in [-0.2, 0) is 11.1 Å². The van der Waals surface area contributed by atoms with Crippen molar-refractivity contribution >= 4 is 17.0 Å². The predicted octanol–water partition coefficient (Wildman–Crippen LogP) is 0.623. The maximum Gasteiger partial charge on any atom is 0.335 e. The number of carbonyl (C=O) groups is 1. The molecule has 0 fully saturated rings. The molecule has 0 heterocycles. The minimum Gasteiger partial charge on any atom is -0.768 e. The van der Waals surface area contributed by atoms with Gasteiger partial charge in [0.1, 0.15) is 0 Å². The summed E-state index contributed by atoms with van der Waals surface area (Å²) < 4.78 is 20.8. The first-order valence-corrected chi connectivity index (χ1v) is 4.11. The van der Waals surface area contributed by atoms with Crippen LogP contribution in [0.2, 0.25) is 0 Å². The summed E-state index contributed by atoms with van der Waals surface area (Å²) in [6.45, 7) is 0. The number of rotatable bonds is 2. The second-order valence-electron chi connectivity index (χ2n) is 2.07.